The van der Waals surface area contributed by atoms with Crippen molar-refractivity contribution in [2.45, 2.75) is 44.7 Å². The molecule has 1 aromatic carbocycles. The quantitative estimate of drug-likeness (QED) is 0.315. The van der Waals surface area contributed by atoms with E-state index < -0.39 is 29.4 Å². The average Bonchev–Trinajstić information content (AvgIpc) is 3.25. The predicted molar refractivity (Wildman–Crippen MR) is 126 cm³/mol. The van der Waals surface area contributed by atoms with Gasteiger partial charge in [0.15, 0.2) is 28.8 Å². The van der Waals surface area contributed by atoms with Gasteiger partial charge in [-0.25, -0.2) is 0 Å². The van der Waals surface area contributed by atoms with Crippen molar-refractivity contribution >= 4 is 57.8 Å². The number of nitrogens with zero attached hydrogens (tertiary/aromatic N) is 1. The van der Waals surface area contributed by atoms with E-state index in [0.717, 1.165) is 11.6 Å². The molecule has 170 valence electrons. The number of carbonyl (C=O) groups excluding carboxylic acids is 1. The number of rotatable bonds is 7. The third kappa shape index (κ3) is 5.83. The number of aromatic nitrogens is 1. The van der Waals surface area contributed by atoms with Gasteiger partial charge < -0.3 is 7.59 Å². The van der Waals surface area contributed by atoms with Crippen LogP contribution in [0.25, 0.3) is 17.2 Å². The SMILES string of the molecule is CCCC(C(=O)OI)c1ccccc1/C=C(/c1cc(C2=CC=C(Cl)CC2)no1)C(F)(F)F. The molecule has 32 heavy (non-hydrogen) atoms. The van der Waals surface area contributed by atoms with Crippen LogP contribution in [0, 0.1) is 0 Å². The maximum Gasteiger partial charge on any atom is 0.420 e. The summed E-state index contributed by atoms with van der Waals surface area (Å²) in [4.78, 5) is 12.3. The Balaban J connectivity index is 2.06. The molecule has 4 nitrogen and oxygen atoms in total. The van der Waals surface area contributed by atoms with Gasteiger partial charge in [0.1, 0.15) is 11.3 Å². The standard InChI is InChI=1S/C23H20ClF3INO3/c1-2-5-18(22(30)31-28)17-7-4-3-6-15(17)12-19(23(25,26)27)21-13-20(29-32-21)14-8-10-16(24)11-9-14/h3-4,6-8,10,12-13,18H,2,5,9,11H2,1H3/b19-12-. The zero-order valence-electron chi connectivity index (χ0n) is 17.1. The molecule has 0 saturated carbocycles. The number of hydrogen-bond acceptors (Lipinski definition) is 4. The first-order chi connectivity index (χ1) is 15.2. The first kappa shape index (κ1) is 24.6. The average molecular weight is 578 g/mol. The maximum atomic E-state index is 14.0. The van der Waals surface area contributed by atoms with E-state index in [1.807, 2.05) is 6.92 Å². The summed E-state index contributed by atoms with van der Waals surface area (Å²) in [7, 11) is 0. The first-order valence-corrected chi connectivity index (χ1v) is 11.2. The topological polar surface area (TPSA) is 52.3 Å². The molecule has 1 aromatic heterocycles. The van der Waals surface area contributed by atoms with Gasteiger partial charge in [0.2, 0.25) is 0 Å². The Hall–Kier alpha value is -2.07. The van der Waals surface area contributed by atoms with Crippen LogP contribution >= 0.6 is 34.6 Å². The highest BCUT2D eigenvalue weighted by molar-refractivity contribution is 14.1. The highest BCUT2D eigenvalue weighted by atomic mass is 127. The van der Waals surface area contributed by atoms with Gasteiger partial charge in [0, 0.05) is 11.1 Å². The minimum Gasteiger partial charge on any atom is -0.394 e. The highest BCUT2D eigenvalue weighted by Crippen LogP contribution is 2.39. The molecule has 0 bridgehead atoms. The van der Waals surface area contributed by atoms with Crippen LogP contribution in [0.3, 0.4) is 0 Å². The van der Waals surface area contributed by atoms with Gasteiger partial charge in [-0.3, -0.25) is 4.79 Å². The second-order valence-corrected chi connectivity index (χ2v) is 8.23. The Morgan fingerprint density at radius 2 is 2.06 bits per heavy atom. The van der Waals surface area contributed by atoms with Crippen molar-refractivity contribution in [3.8, 4) is 0 Å². The Morgan fingerprint density at radius 1 is 1.31 bits per heavy atom. The van der Waals surface area contributed by atoms with Gasteiger partial charge >= 0.3 is 12.1 Å². The summed E-state index contributed by atoms with van der Waals surface area (Å²) in [6, 6.07) is 7.77. The van der Waals surface area contributed by atoms with E-state index in [0.29, 0.717) is 42.0 Å². The van der Waals surface area contributed by atoms with Crippen LogP contribution in [0.4, 0.5) is 13.2 Å². The molecule has 2 aromatic rings. The zero-order chi connectivity index (χ0) is 23.3. The van der Waals surface area contributed by atoms with Gasteiger partial charge in [0.25, 0.3) is 0 Å². The summed E-state index contributed by atoms with van der Waals surface area (Å²) >= 11 is 7.45. The summed E-state index contributed by atoms with van der Waals surface area (Å²) < 4.78 is 52.0. The number of halogens is 5. The molecule has 0 N–H and O–H groups in total. The van der Waals surface area contributed by atoms with Crippen molar-refractivity contribution in [3.63, 3.8) is 0 Å². The molecule has 0 aliphatic heterocycles. The number of hydrogen-bond donors (Lipinski definition) is 0. The fraction of sp³-hybridized carbons (Fsp3) is 0.304. The van der Waals surface area contributed by atoms with E-state index in [1.54, 1.807) is 30.4 Å². The van der Waals surface area contributed by atoms with Gasteiger partial charge in [-0.2, -0.15) is 13.2 Å². The molecule has 9 heteroatoms. The Kier molecular flexibility index (Phi) is 8.21. The van der Waals surface area contributed by atoms with Crippen molar-refractivity contribution < 1.29 is 25.6 Å². The Bertz CT molecular complexity index is 1070. The van der Waals surface area contributed by atoms with Gasteiger partial charge in [-0.15, -0.1) is 0 Å². The second-order valence-electron chi connectivity index (χ2n) is 7.30. The fourth-order valence-electron chi connectivity index (χ4n) is 3.53. The van der Waals surface area contributed by atoms with E-state index in [-0.39, 0.29) is 5.56 Å². The van der Waals surface area contributed by atoms with Crippen LogP contribution in [-0.4, -0.2) is 17.3 Å². The van der Waals surface area contributed by atoms with Crippen LogP contribution in [0.1, 0.15) is 61.1 Å². The third-order valence-electron chi connectivity index (χ3n) is 5.12. The molecule has 1 unspecified atom stereocenters. The van der Waals surface area contributed by atoms with Crippen molar-refractivity contribution in [2.24, 2.45) is 0 Å². The molecule has 1 aliphatic carbocycles. The second kappa shape index (κ2) is 10.7. The van der Waals surface area contributed by atoms with Crippen LogP contribution in [0.5, 0.6) is 0 Å². The number of allylic oxidation sites excluding steroid dienone is 5. The normalized spacial score (nSPS) is 15.8. The zero-order valence-corrected chi connectivity index (χ0v) is 20.0. The molecule has 0 radical (unpaired) electrons. The lowest BCUT2D eigenvalue weighted by Crippen LogP contribution is -2.14. The number of alkyl halides is 3. The molecule has 0 fully saturated rings. The van der Waals surface area contributed by atoms with Crippen molar-refractivity contribution in [2.75, 3.05) is 0 Å². The van der Waals surface area contributed by atoms with E-state index in [4.69, 9.17) is 19.2 Å². The van der Waals surface area contributed by atoms with E-state index in [9.17, 15) is 18.0 Å². The Labute approximate surface area is 202 Å². The molecular weight excluding hydrogens is 558 g/mol. The van der Waals surface area contributed by atoms with Crippen LogP contribution in [0.2, 0.25) is 0 Å². The van der Waals surface area contributed by atoms with Gasteiger partial charge in [-0.1, -0.05) is 60.4 Å². The van der Waals surface area contributed by atoms with Crippen molar-refractivity contribution in [1.29, 1.82) is 0 Å². The van der Waals surface area contributed by atoms with Crippen molar-refractivity contribution in [3.05, 3.63) is 70.1 Å². The molecule has 1 heterocycles. The molecule has 0 saturated heterocycles. The first-order valence-electron chi connectivity index (χ1n) is 9.97. The molecule has 0 amide bonds. The molecule has 0 spiro atoms. The summed E-state index contributed by atoms with van der Waals surface area (Å²) in [5.41, 5.74) is 0.837. The van der Waals surface area contributed by atoms with Crippen LogP contribution in [-0.2, 0) is 7.86 Å². The summed E-state index contributed by atoms with van der Waals surface area (Å²) in [5, 5.41) is 4.52. The summed E-state index contributed by atoms with van der Waals surface area (Å²) in [6.07, 6.45) is 2.00. The fourth-order valence-corrected chi connectivity index (χ4v) is 3.99. The highest BCUT2D eigenvalue weighted by Gasteiger charge is 2.38. The smallest absolute Gasteiger partial charge is 0.394 e. The lowest BCUT2D eigenvalue weighted by molar-refractivity contribution is -0.133. The molecule has 1 atom stereocenters. The lowest BCUT2D eigenvalue weighted by atomic mass is 9.89. The van der Waals surface area contributed by atoms with Gasteiger partial charge in [-0.05, 0) is 48.1 Å². The Morgan fingerprint density at radius 3 is 2.69 bits per heavy atom. The summed E-state index contributed by atoms with van der Waals surface area (Å²) in [6.45, 7) is 1.89. The monoisotopic (exact) mass is 577 g/mol. The molecular formula is C23H20ClF3INO3. The van der Waals surface area contributed by atoms with E-state index in [1.165, 1.54) is 35.1 Å². The predicted octanol–water partition coefficient (Wildman–Crippen LogP) is 7.85. The number of benzene rings is 1. The van der Waals surface area contributed by atoms with Crippen molar-refractivity contribution in [1.82, 2.24) is 5.16 Å². The largest absolute Gasteiger partial charge is 0.420 e. The maximum absolute atomic E-state index is 14.0. The number of carbonyl (C=O) groups is 1. The molecule has 3 rings (SSSR count). The van der Waals surface area contributed by atoms with Gasteiger partial charge in [0.05, 0.1) is 5.92 Å². The van der Waals surface area contributed by atoms with Crippen LogP contribution in [0.15, 0.2) is 52.0 Å². The minimum atomic E-state index is -4.70. The lowest BCUT2D eigenvalue weighted by Gasteiger charge is -2.17. The summed E-state index contributed by atoms with van der Waals surface area (Å²) in [5.74, 6) is -1.57. The van der Waals surface area contributed by atoms with Crippen LogP contribution < -0.4 is 0 Å². The van der Waals surface area contributed by atoms with E-state index in [2.05, 4.69) is 5.16 Å². The van der Waals surface area contributed by atoms with E-state index >= 15 is 0 Å². The molecule has 1 aliphatic rings. The minimum absolute atomic E-state index is 0.268. The third-order valence-corrected chi connectivity index (χ3v) is 5.87.